The van der Waals surface area contributed by atoms with Gasteiger partial charge in [0.05, 0.1) is 24.6 Å². The first kappa shape index (κ1) is 16.4. The molecule has 7 heteroatoms. The molecule has 3 rings (SSSR count). The predicted octanol–water partition coefficient (Wildman–Crippen LogP) is 3.77. The van der Waals surface area contributed by atoms with Gasteiger partial charge in [-0.2, -0.15) is 0 Å². The van der Waals surface area contributed by atoms with Crippen LogP contribution in [-0.2, 0) is 11.3 Å². The molecule has 2 amide bonds. The third-order valence-corrected chi connectivity index (χ3v) is 3.86. The summed E-state index contributed by atoms with van der Waals surface area (Å²) in [6.45, 7) is 1.23. The molecule has 1 saturated heterocycles. The number of nitrogens with one attached hydrogen (secondary N) is 1. The highest BCUT2D eigenvalue weighted by Gasteiger charge is 2.24. The summed E-state index contributed by atoms with van der Waals surface area (Å²) in [5, 5.41) is 2.41. The zero-order chi connectivity index (χ0) is 16.9. The van der Waals surface area contributed by atoms with E-state index in [-0.39, 0.29) is 18.3 Å². The lowest BCUT2D eigenvalue weighted by molar-refractivity contribution is 0.0802. The number of furan rings is 1. The fraction of sp³-hybridized carbons (Fsp3) is 0.353. The average Bonchev–Trinajstić information content (AvgIpc) is 3.25. The molecule has 1 atom stereocenters. The number of anilines is 1. The van der Waals surface area contributed by atoms with Crippen molar-refractivity contribution in [1.82, 2.24) is 4.90 Å². The van der Waals surface area contributed by atoms with E-state index < -0.39 is 17.7 Å². The fourth-order valence-electron chi connectivity index (χ4n) is 2.64. The van der Waals surface area contributed by atoms with Gasteiger partial charge in [-0.3, -0.25) is 0 Å². The summed E-state index contributed by atoms with van der Waals surface area (Å²) in [6, 6.07) is 6.59. The monoisotopic (exact) mass is 336 g/mol. The average molecular weight is 336 g/mol. The second-order valence-corrected chi connectivity index (χ2v) is 5.63. The second kappa shape index (κ2) is 7.44. The number of rotatable bonds is 5. The van der Waals surface area contributed by atoms with Crippen LogP contribution in [0.2, 0.25) is 0 Å². The van der Waals surface area contributed by atoms with E-state index >= 15 is 0 Å². The quantitative estimate of drug-likeness (QED) is 0.904. The number of urea groups is 1. The van der Waals surface area contributed by atoms with Gasteiger partial charge < -0.3 is 19.4 Å². The number of benzene rings is 1. The third-order valence-electron chi connectivity index (χ3n) is 3.86. The standard InChI is InChI=1S/C17H18F2N2O3/c18-14-6-1-7-15(16(14)19)20-17(22)21(10-12-4-2-8-23-12)11-13-5-3-9-24-13/h1-2,4,6-8,13H,3,5,9-11H2,(H,20,22). The van der Waals surface area contributed by atoms with Crippen LogP contribution < -0.4 is 5.32 Å². The van der Waals surface area contributed by atoms with E-state index in [1.165, 1.54) is 23.3 Å². The first-order chi connectivity index (χ1) is 11.6. The molecular formula is C17H18F2N2O3. The SMILES string of the molecule is O=C(Nc1cccc(F)c1F)N(Cc1ccco1)CC1CCCO1. The largest absolute Gasteiger partial charge is 0.467 e. The number of carbonyl (C=O) groups is 1. The first-order valence-corrected chi connectivity index (χ1v) is 7.77. The summed E-state index contributed by atoms with van der Waals surface area (Å²) in [4.78, 5) is 14.0. The Morgan fingerprint density at radius 1 is 1.29 bits per heavy atom. The highest BCUT2D eigenvalue weighted by atomic mass is 19.2. The number of hydrogen-bond donors (Lipinski definition) is 1. The highest BCUT2D eigenvalue weighted by molar-refractivity contribution is 5.89. The minimum absolute atomic E-state index is 0.0666. The lowest BCUT2D eigenvalue weighted by Gasteiger charge is -2.25. The van der Waals surface area contributed by atoms with Crippen molar-refractivity contribution in [2.75, 3.05) is 18.5 Å². The topological polar surface area (TPSA) is 54.7 Å². The van der Waals surface area contributed by atoms with E-state index in [9.17, 15) is 13.6 Å². The second-order valence-electron chi connectivity index (χ2n) is 5.63. The van der Waals surface area contributed by atoms with Crippen molar-refractivity contribution in [2.45, 2.75) is 25.5 Å². The number of hydrogen-bond acceptors (Lipinski definition) is 3. The molecule has 0 aliphatic carbocycles. The molecular weight excluding hydrogens is 318 g/mol. The van der Waals surface area contributed by atoms with Gasteiger partial charge in [0, 0.05) is 13.2 Å². The van der Waals surface area contributed by atoms with E-state index in [4.69, 9.17) is 9.15 Å². The zero-order valence-corrected chi connectivity index (χ0v) is 13.0. The Kier molecular flexibility index (Phi) is 5.10. The Balaban J connectivity index is 1.72. The van der Waals surface area contributed by atoms with Gasteiger partial charge in [-0.15, -0.1) is 0 Å². The highest BCUT2D eigenvalue weighted by Crippen LogP contribution is 2.19. The van der Waals surface area contributed by atoms with E-state index in [2.05, 4.69) is 5.32 Å². The number of carbonyl (C=O) groups excluding carboxylic acids is 1. The number of ether oxygens (including phenoxy) is 1. The number of nitrogens with zero attached hydrogens (tertiary/aromatic N) is 1. The van der Waals surface area contributed by atoms with E-state index in [0.29, 0.717) is 18.9 Å². The minimum Gasteiger partial charge on any atom is -0.467 e. The molecule has 0 spiro atoms. The molecule has 0 bridgehead atoms. The molecule has 0 saturated carbocycles. The van der Waals surface area contributed by atoms with Crippen molar-refractivity contribution in [2.24, 2.45) is 0 Å². The molecule has 2 heterocycles. The van der Waals surface area contributed by atoms with Crippen LogP contribution in [0.15, 0.2) is 41.0 Å². The Morgan fingerprint density at radius 3 is 2.88 bits per heavy atom. The molecule has 1 fully saturated rings. The Morgan fingerprint density at radius 2 is 2.17 bits per heavy atom. The van der Waals surface area contributed by atoms with Crippen LogP contribution >= 0.6 is 0 Å². The van der Waals surface area contributed by atoms with Gasteiger partial charge in [-0.1, -0.05) is 6.07 Å². The number of halogens is 2. The van der Waals surface area contributed by atoms with Gasteiger partial charge in [-0.25, -0.2) is 13.6 Å². The molecule has 1 unspecified atom stereocenters. The first-order valence-electron chi connectivity index (χ1n) is 7.77. The fourth-order valence-corrected chi connectivity index (χ4v) is 2.64. The van der Waals surface area contributed by atoms with Crippen molar-refractivity contribution in [3.63, 3.8) is 0 Å². The van der Waals surface area contributed by atoms with E-state index in [1.807, 2.05) is 0 Å². The van der Waals surface area contributed by atoms with Crippen LogP contribution in [0.5, 0.6) is 0 Å². The molecule has 1 aromatic carbocycles. The minimum atomic E-state index is -1.08. The van der Waals surface area contributed by atoms with Gasteiger partial charge in [0.25, 0.3) is 0 Å². The Labute approximate surface area is 138 Å². The summed E-state index contributed by atoms with van der Waals surface area (Å²) >= 11 is 0. The molecule has 1 aliphatic rings. The van der Waals surface area contributed by atoms with Crippen LogP contribution in [0.3, 0.4) is 0 Å². The maximum atomic E-state index is 13.8. The molecule has 128 valence electrons. The zero-order valence-electron chi connectivity index (χ0n) is 13.0. The van der Waals surface area contributed by atoms with Crippen LogP contribution in [-0.4, -0.2) is 30.2 Å². The normalized spacial score (nSPS) is 17.0. The molecule has 1 N–H and O–H groups in total. The van der Waals surface area contributed by atoms with Crippen molar-refractivity contribution in [3.05, 3.63) is 54.0 Å². The van der Waals surface area contributed by atoms with Crippen LogP contribution in [0, 0.1) is 11.6 Å². The maximum Gasteiger partial charge on any atom is 0.322 e. The molecule has 2 aromatic rings. The number of amides is 2. The maximum absolute atomic E-state index is 13.8. The van der Waals surface area contributed by atoms with E-state index in [0.717, 1.165) is 18.9 Å². The van der Waals surface area contributed by atoms with Crippen LogP contribution in [0.4, 0.5) is 19.3 Å². The molecule has 24 heavy (non-hydrogen) atoms. The third kappa shape index (κ3) is 3.91. The van der Waals surface area contributed by atoms with Crippen molar-refractivity contribution in [1.29, 1.82) is 0 Å². The van der Waals surface area contributed by atoms with Crippen molar-refractivity contribution >= 4 is 11.7 Å². The summed E-state index contributed by atoms with van der Waals surface area (Å²) < 4.78 is 37.9. The van der Waals surface area contributed by atoms with E-state index in [1.54, 1.807) is 12.1 Å². The van der Waals surface area contributed by atoms with Crippen molar-refractivity contribution in [3.8, 4) is 0 Å². The molecule has 5 nitrogen and oxygen atoms in total. The Bertz CT molecular complexity index is 685. The van der Waals surface area contributed by atoms with Gasteiger partial charge in [0.1, 0.15) is 5.76 Å². The summed E-state index contributed by atoms with van der Waals surface area (Å²) in [5.74, 6) is -1.49. The summed E-state index contributed by atoms with van der Waals surface area (Å²) in [7, 11) is 0. The predicted molar refractivity (Wildman–Crippen MR) is 83.5 cm³/mol. The smallest absolute Gasteiger partial charge is 0.322 e. The van der Waals surface area contributed by atoms with Gasteiger partial charge >= 0.3 is 6.03 Å². The van der Waals surface area contributed by atoms with Crippen molar-refractivity contribution < 1.29 is 22.7 Å². The molecule has 1 aliphatic heterocycles. The molecule has 0 radical (unpaired) electrons. The van der Waals surface area contributed by atoms with Gasteiger partial charge in [0.15, 0.2) is 11.6 Å². The van der Waals surface area contributed by atoms with Gasteiger partial charge in [-0.05, 0) is 37.1 Å². The van der Waals surface area contributed by atoms with Gasteiger partial charge in [0.2, 0.25) is 0 Å². The lowest BCUT2D eigenvalue weighted by Crippen LogP contribution is -2.39. The summed E-state index contributed by atoms with van der Waals surface area (Å²) in [5.41, 5.74) is -0.197. The molecule has 1 aromatic heterocycles. The van der Waals surface area contributed by atoms with Crippen LogP contribution in [0.1, 0.15) is 18.6 Å². The van der Waals surface area contributed by atoms with Crippen LogP contribution in [0.25, 0.3) is 0 Å². The Hall–Kier alpha value is -2.41. The summed E-state index contributed by atoms with van der Waals surface area (Å²) in [6.07, 6.45) is 3.25. The lowest BCUT2D eigenvalue weighted by atomic mass is 10.2.